The van der Waals surface area contributed by atoms with E-state index in [1.165, 1.54) is 0 Å². The van der Waals surface area contributed by atoms with E-state index in [1.807, 2.05) is 43.3 Å². The molecule has 5 nitrogen and oxygen atoms in total. The van der Waals surface area contributed by atoms with E-state index < -0.39 is 0 Å². The zero-order valence-electron chi connectivity index (χ0n) is 13.3. The number of aromatic nitrogens is 1. The molecule has 2 N–H and O–H groups in total. The van der Waals surface area contributed by atoms with Gasteiger partial charge >= 0.3 is 0 Å². The zero-order chi connectivity index (χ0) is 16.3. The first-order valence-corrected chi connectivity index (χ1v) is 7.73. The summed E-state index contributed by atoms with van der Waals surface area (Å²) in [7, 11) is 0. The molecule has 0 bridgehead atoms. The second kappa shape index (κ2) is 9.21. The van der Waals surface area contributed by atoms with Crippen molar-refractivity contribution in [2.75, 3.05) is 13.1 Å². The minimum atomic E-state index is 0.536. The molecule has 118 valence electrons. The Kier molecular flexibility index (Phi) is 6.61. The number of aliphatic imine (C=N–C) groups is 1. The molecule has 0 radical (unpaired) electrons. The minimum absolute atomic E-state index is 0.536. The van der Waals surface area contributed by atoms with Gasteiger partial charge < -0.3 is 10.6 Å². The predicted octanol–water partition coefficient (Wildman–Crippen LogP) is 2.25. The fourth-order valence-electron chi connectivity index (χ4n) is 2.11. The second-order valence-corrected chi connectivity index (χ2v) is 5.01. The molecule has 2 aromatic rings. The van der Waals surface area contributed by atoms with Gasteiger partial charge in [-0.3, -0.25) is 4.98 Å². The molecule has 1 heterocycles. The van der Waals surface area contributed by atoms with Gasteiger partial charge in [0.15, 0.2) is 5.96 Å². The first-order valence-electron chi connectivity index (χ1n) is 7.73. The normalized spacial score (nSPS) is 10.9. The lowest BCUT2D eigenvalue weighted by molar-refractivity contribution is 0.788. The summed E-state index contributed by atoms with van der Waals surface area (Å²) in [4.78, 5) is 8.86. The highest BCUT2D eigenvalue weighted by Gasteiger charge is 1.99. The number of guanidine groups is 1. The lowest BCUT2D eigenvalue weighted by Gasteiger charge is -2.11. The Morgan fingerprint density at radius 1 is 1.22 bits per heavy atom. The SMILES string of the molecule is CCNC(=NCc1cccc(C#N)c1)NCCc1ccccn1. The summed E-state index contributed by atoms with van der Waals surface area (Å²) in [5.41, 5.74) is 2.73. The molecule has 0 amide bonds. The summed E-state index contributed by atoms with van der Waals surface area (Å²) < 4.78 is 0. The summed E-state index contributed by atoms with van der Waals surface area (Å²) in [6.45, 7) is 4.13. The zero-order valence-corrected chi connectivity index (χ0v) is 13.3. The van der Waals surface area contributed by atoms with Crippen molar-refractivity contribution in [1.82, 2.24) is 15.6 Å². The Bertz CT molecular complexity index is 673. The maximum atomic E-state index is 8.93. The number of pyridine rings is 1. The van der Waals surface area contributed by atoms with Crippen molar-refractivity contribution in [3.05, 3.63) is 65.5 Å². The highest BCUT2D eigenvalue weighted by atomic mass is 15.2. The number of benzene rings is 1. The molecular formula is C18H21N5. The number of nitrogens with one attached hydrogen (secondary N) is 2. The van der Waals surface area contributed by atoms with Crippen LogP contribution < -0.4 is 10.6 Å². The first-order chi connectivity index (χ1) is 11.3. The quantitative estimate of drug-likeness (QED) is 0.634. The standard InChI is InChI=1S/C18H21N5/c1-2-20-18(22-11-9-17-8-3-4-10-21-17)23-14-16-7-5-6-15(12-16)13-19/h3-8,10,12H,2,9,11,14H2,1H3,(H2,20,22,23). The fraction of sp³-hybridized carbons (Fsp3) is 0.278. The lowest BCUT2D eigenvalue weighted by Crippen LogP contribution is -2.38. The molecule has 0 aliphatic carbocycles. The van der Waals surface area contributed by atoms with E-state index in [0.29, 0.717) is 12.1 Å². The summed E-state index contributed by atoms with van der Waals surface area (Å²) in [6, 6.07) is 15.6. The molecule has 2 rings (SSSR count). The number of rotatable bonds is 6. The van der Waals surface area contributed by atoms with E-state index in [9.17, 15) is 0 Å². The van der Waals surface area contributed by atoms with E-state index in [1.54, 1.807) is 12.3 Å². The Morgan fingerprint density at radius 3 is 2.87 bits per heavy atom. The highest BCUT2D eigenvalue weighted by molar-refractivity contribution is 5.79. The lowest BCUT2D eigenvalue weighted by atomic mass is 10.1. The molecule has 1 aromatic heterocycles. The van der Waals surface area contributed by atoms with Crippen LogP contribution >= 0.6 is 0 Å². The van der Waals surface area contributed by atoms with Crippen LogP contribution in [0.4, 0.5) is 0 Å². The van der Waals surface area contributed by atoms with Crippen LogP contribution in [0.25, 0.3) is 0 Å². The second-order valence-electron chi connectivity index (χ2n) is 5.01. The van der Waals surface area contributed by atoms with Crippen molar-refractivity contribution in [2.45, 2.75) is 19.9 Å². The molecule has 0 fully saturated rings. The van der Waals surface area contributed by atoms with Gasteiger partial charge in [-0.05, 0) is 36.8 Å². The van der Waals surface area contributed by atoms with Crippen molar-refractivity contribution in [2.24, 2.45) is 4.99 Å². The molecule has 0 spiro atoms. The molecule has 0 aliphatic rings. The molecule has 0 atom stereocenters. The summed E-state index contributed by atoms with van der Waals surface area (Å²) in [6.07, 6.45) is 2.64. The van der Waals surface area contributed by atoms with Gasteiger partial charge in [-0.2, -0.15) is 5.26 Å². The van der Waals surface area contributed by atoms with Gasteiger partial charge in [0.2, 0.25) is 0 Å². The Morgan fingerprint density at radius 2 is 2.13 bits per heavy atom. The van der Waals surface area contributed by atoms with Crippen LogP contribution in [0.5, 0.6) is 0 Å². The third-order valence-electron chi connectivity index (χ3n) is 3.22. The molecule has 5 heteroatoms. The minimum Gasteiger partial charge on any atom is -0.357 e. The fourth-order valence-corrected chi connectivity index (χ4v) is 2.11. The van der Waals surface area contributed by atoms with Crippen LogP contribution in [0.3, 0.4) is 0 Å². The van der Waals surface area contributed by atoms with Crippen LogP contribution in [0, 0.1) is 11.3 Å². The van der Waals surface area contributed by atoms with E-state index in [-0.39, 0.29) is 0 Å². The molecule has 23 heavy (non-hydrogen) atoms. The van der Waals surface area contributed by atoms with Crippen LogP contribution in [-0.2, 0) is 13.0 Å². The smallest absolute Gasteiger partial charge is 0.191 e. The average molecular weight is 307 g/mol. The molecule has 0 saturated carbocycles. The van der Waals surface area contributed by atoms with Gasteiger partial charge in [0, 0.05) is 31.4 Å². The summed E-state index contributed by atoms with van der Waals surface area (Å²) in [5.74, 6) is 0.769. The van der Waals surface area contributed by atoms with Gasteiger partial charge in [-0.25, -0.2) is 4.99 Å². The maximum Gasteiger partial charge on any atom is 0.191 e. The van der Waals surface area contributed by atoms with Crippen molar-refractivity contribution in [3.8, 4) is 6.07 Å². The molecule has 0 saturated heterocycles. The van der Waals surface area contributed by atoms with Crippen molar-refractivity contribution in [1.29, 1.82) is 5.26 Å². The van der Waals surface area contributed by atoms with Crippen LogP contribution in [-0.4, -0.2) is 24.0 Å². The predicted molar refractivity (Wildman–Crippen MR) is 91.9 cm³/mol. The monoisotopic (exact) mass is 307 g/mol. The van der Waals surface area contributed by atoms with Crippen molar-refractivity contribution >= 4 is 5.96 Å². The van der Waals surface area contributed by atoms with E-state index >= 15 is 0 Å². The first kappa shape index (κ1) is 16.5. The van der Waals surface area contributed by atoms with Crippen LogP contribution in [0.1, 0.15) is 23.7 Å². The van der Waals surface area contributed by atoms with E-state index in [4.69, 9.17) is 5.26 Å². The largest absolute Gasteiger partial charge is 0.357 e. The summed E-state index contributed by atoms with van der Waals surface area (Å²) >= 11 is 0. The number of hydrogen-bond acceptors (Lipinski definition) is 3. The average Bonchev–Trinajstić information content (AvgIpc) is 2.61. The topological polar surface area (TPSA) is 73.1 Å². The van der Waals surface area contributed by atoms with Gasteiger partial charge in [-0.15, -0.1) is 0 Å². The number of nitriles is 1. The third kappa shape index (κ3) is 5.79. The Balaban J connectivity index is 1.90. The highest BCUT2D eigenvalue weighted by Crippen LogP contribution is 2.05. The van der Waals surface area contributed by atoms with Crippen molar-refractivity contribution in [3.63, 3.8) is 0 Å². The Hall–Kier alpha value is -2.87. The van der Waals surface area contributed by atoms with Gasteiger partial charge in [0.25, 0.3) is 0 Å². The molecule has 1 aromatic carbocycles. The number of hydrogen-bond donors (Lipinski definition) is 2. The molecule has 0 aliphatic heterocycles. The molecular weight excluding hydrogens is 286 g/mol. The third-order valence-corrected chi connectivity index (χ3v) is 3.22. The van der Waals surface area contributed by atoms with E-state index in [0.717, 1.165) is 36.7 Å². The van der Waals surface area contributed by atoms with Crippen LogP contribution in [0.2, 0.25) is 0 Å². The Labute approximate surface area is 137 Å². The maximum absolute atomic E-state index is 8.93. The van der Waals surface area contributed by atoms with Gasteiger partial charge in [-0.1, -0.05) is 18.2 Å². The van der Waals surface area contributed by atoms with Gasteiger partial charge in [0.05, 0.1) is 18.2 Å². The number of nitrogens with zero attached hydrogens (tertiary/aromatic N) is 3. The van der Waals surface area contributed by atoms with E-state index in [2.05, 4.69) is 26.7 Å². The summed E-state index contributed by atoms with van der Waals surface area (Å²) in [5, 5.41) is 15.5. The van der Waals surface area contributed by atoms with Crippen molar-refractivity contribution < 1.29 is 0 Å². The van der Waals surface area contributed by atoms with Gasteiger partial charge in [0.1, 0.15) is 0 Å². The molecule has 0 unspecified atom stereocenters. The van der Waals surface area contributed by atoms with Crippen LogP contribution in [0.15, 0.2) is 53.7 Å².